The Morgan fingerprint density at radius 3 is 0.710 bits per heavy atom. The molecule has 3 unspecified atom stereocenters. The zero-order chi connectivity index (χ0) is 23.9. The van der Waals surface area contributed by atoms with Crippen molar-refractivity contribution in [2.45, 2.75) is 120 Å². The van der Waals surface area contributed by atoms with Gasteiger partial charge in [-0.05, 0) is 17.8 Å². The van der Waals surface area contributed by atoms with Gasteiger partial charge in [-0.15, -0.1) is 19.8 Å². The number of hydrogen-bond donors (Lipinski definition) is 0. The third-order valence-electron chi connectivity index (χ3n) is 5.29. The molecule has 31 heavy (non-hydrogen) atoms. The molecule has 3 atom stereocenters. The molecule has 0 fully saturated rings. The molecule has 0 rings (SSSR count). The third-order valence-corrected chi connectivity index (χ3v) is 5.29. The monoisotopic (exact) mass is 456 g/mol. The van der Waals surface area contributed by atoms with Crippen LogP contribution in [0.25, 0.3) is 0 Å². The van der Waals surface area contributed by atoms with E-state index in [0.717, 1.165) is 37.0 Å². The molecule has 0 aliphatic rings. The summed E-state index contributed by atoms with van der Waals surface area (Å²) in [6, 6.07) is 0. The van der Waals surface area contributed by atoms with Crippen molar-refractivity contribution < 1.29 is 15.3 Å². The molecule has 0 amide bonds. The normalized spacial score (nSPS) is 13.6. The SMILES string of the molecule is CC(C)CCCC(C)C[O-].CC(C)CCCC(C)C[O-].CC(C)CCCC(C)C[O-].[Al+3]. The zero-order valence-electron chi connectivity index (χ0n) is 22.8. The van der Waals surface area contributed by atoms with E-state index in [1.807, 2.05) is 20.8 Å². The summed E-state index contributed by atoms with van der Waals surface area (Å²) < 4.78 is 0. The second kappa shape index (κ2) is 28.4. The van der Waals surface area contributed by atoms with Crippen LogP contribution in [0.2, 0.25) is 0 Å². The first kappa shape index (κ1) is 38.7. The Bertz CT molecular complexity index is 261. The molecule has 0 spiro atoms. The standard InChI is InChI=1S/3C9H19O.Al/c3*1-8(2)5-4-6-9(3)7-10;/h3*8-9H,4-7H2,1-3H3;/q3*-1;+3. The van der Waals surface area contributed by atoms with Gasteiger partial charge in [0.1, 0.15) is 0 Å². The van der Waals surface area contributed by atoms with Crippen molar-refractivity contribution in [3.63, 3.8) is 0 Å². The van der Waals surface area contributed by atoms with E-state index in [9.17, 15) is 15.3 Å². The van der Waals surface area contributed by atoms with Crippen molar-refractivity contribution in [2.24, 2.45) is 35.5 Å². The largest absolute Gasteiger partial charge is 3.00 e. The molecule has 0 radical (unpaired) electrons. The van der Waals surface area contributed by atoms with E-state index < -0.39 is 0 Å². The zero-order valence-corrected chi connectivity index (χ0v) is 23.9. The molecule has 0 bridgehead atoms. The molecule has 0 saturated carbocycles. The van der Waals surface area contributed by atoms with E-state index in [-0.39, 0.29) is 37.2 Å². The molecule has 0 aromatic rings. The molecule has 4 heteroatoms. The quantitative estimate of drug-likeness (QED) is 0.324. The van der Waals surface area contributed by atoms with Crippen LogP contribution in [0.15, 0.2) is 0 Å². The summed E-state index contributed by atoms with van der Waals surface area (Å²) in [6.07, 6.45) is 10.8. The summed E-state index contributed by atoms with van der Waals surface area (Å²) in [5.41, 5.74) is 0. The molecule has 3 nitrogen and oxygen atoms in total. The van der Waals surface area contributed by atoms with E-state index in [0.29, 0.717) is 17.8 Å². The van der Waals surface area contributed by atoms with Crippen LogP contribution in [0, 0.1) is 35.5 Å². The van der Waals surface area contributed by atoms with Gasteiger partial charge in [0.2, 0.25) is 0 Å². The van der Waals surface area contributed by atoms with E-state index in [1.54, 1.807) is 0 Å². The summed E-state index contributed by atoms with van der Waals surface area (Å²) in [4.78, 5) is 0. The van der Waals surface area contributed by atoms with Crippen LogP contribution in [0.1, 0.15) is 120 Å². The van der Waals surface area contributed by atoms with Crippen LogP contribution in [-0.4, -0.2) is 37.2 Å². The molecule has 0 heterocycles. The van der Waals surface area contributed by atoms with Crippen LogP contribution < -0.4 is 15.3 Å². The molecule has 0 aromatic heterocycles. The van der Waals surface area contributed by atoms with Gasteiger partial charge in [-0.3, -0.25) is 0 Å². The average molecular weight is 457 g/mol. The van der Waals surface area contributed by atoms with Gasteiger partial charge >= 0.3 is 17.4 Å². The van der Waals surface area contributed by atoms with Crippen molar-refractivity contribution in [1.82, 2.24) is 0 Å². The second-order valence-corrected chi connectivity index (χ2v) is 10.8. The maximum absolute atomic E-state index is 10.3. The average Bonchev–Trinajstić information content (AvgIpc) is 2.67. The van der Waals surface area contributed by atoms with Gasteiger partial charge in [0.25, 0.3) is 0 Å². The number of hydrogen-bond acceptors (Lipinski definition) is 3. The van der Waals surface area contributed by atoms with E-state index in [4.69, 9.17) is 0 Å². The van der Waals surface area contributed by atoms with Crippen LogP contribution >= 0.6 is 0 Å². The Balaban J connectivity index is -0.000000174. The van der Waals surface area contributed by atoms with Crippen LogP contribution in [0.4, 0.5) is 0 Å². The van der Waals surface area contributed by atoms with Crippen LogP contribution in [-0.2, 0) is 0 Å². The minimum absolute atomic E-state index is 0. The van der Waals surface area contributed by atoms with Crippen molar-refractivity contribution in [1.29, 1.82) is 0 Å². The summed E-state index contributed by atoms with van der Waals surface area (Å²) in [6.45, 7) is 19.7. The molecule has 0 aliphatic carbocycles. The van der Waals surface area contributed by atoms with E-state index in [2.05, 4.69) is 41.5 Å². The second-order valence-electron chi connectivity index (χ2n) is 10.8. The molecule has 186 valence electrons. The molecular formula is C27H57AlO3. The minimum atomic E-state index is 0. The van der Waals surface area contributed by atoms with Crippen LogP contribution in [0.5, 0.6) is 0 Å². The van der Waals surface area contributed by atoms with E-state index in [1.165, 1.54) is 38.5 Å². The van der Waals surface area contributed by atoms with Crippen molar-refractivity contribution in [3.8, 4) is 0 Å². The molecule has 0 aromatic carbocycles. The van der Waals surface area contributed by atoms with Crippen molar-refractivity contribution >= 4 is 17.4 Å². The van der Waals surface area contributed by atoms with Gasteiger partial charge in [0, 0.05) is 0 Å². The summed E-state index contributed by atoms with van der Waals surface area (Å²) in [5, 5.41) is 30.9. The summed E-state index contributed by atoms with van der Waals surface area (Å²) >= 11 is 0. The molecule has 0 saturated heterocycles. The predicted molar refractivity (Wildman–Crippen MR) is 134 cm³/mol. The molecule has 0 aliphatic heterocycles. The minimum Gasteiger partial charge on any atom is -0.854 e. The molecule has 0 N–H and O–H groups in total. The van der Waals surface area contributed by atoms with Crippen LogP contribution in [0.3, 0.4) is 0 Å². The Hall–Kier alpha value is 0.412. The first-order valence-corrected chi connectivity index (χ1v) is 12.7. The maximum Gasteiger partial charge on any atom is 3.00 e. The molecular weight excluding hydrogens is 399 g/mol. The third kappa shape index (κ3) is 41.2. The fraction of sp³-hybridized carbons (Fsp3) is 1.00. The van der Waals surface area contributed by atoms with Gasteiger partial charge in [-0.1, -0.05) is 138 Å². The van der Waals surface area contributed by atoms with Gasteiger partial charge in [-0.25, -0.2) is 0 Å². The maximum atomic E-state index is 10.3. The summed E-state index contributed by atoms with van der Waals surface area (Å²) in [7, 11) is 0. The van der Waals surface area contributed by atoms with Crippen molar-refractivity contribution in [2.75, 3.05) is 19.8 Å². The van der Waals surface area contributed by atoms with Gasteiger partial charge in [0.15, 0.2) is 0 Å². The first-order chi connectivity index (χ1) is 14.0. The topological polar surface area (TPSA) is 69.2 Å². The first-order valence-electron chi connectivity index (χ1n) is 12.7. The predicted octanol–water partition coefficient (Wildman–Crippen LogP) is 5.05. The Morgan fingerprint density at radius 1 is 0.387 bits per heavy atom. The fourth-order valence-corrected chi connectivity index (χ4v) is 2.87. The Morgan fingerprint density at radius 2 is 0.581 bits per heavy atom. The van der Waals surface area contributed by atoms with Gasteiger partial charge in [-0.2, -0.15) is 0 Å². The van der Waals surface area contributed by atoms with Gasteiger partial charge < -0.3 is 15.3 Å². The summed E-state index contributed by atoms with van der Waals surface area (Å²) in [5.74, 6) is 3.54. The van der Waals surface area contributed by atoms with Gasteiger partial charge in [0.05, 0.1) is 0 Å². The van der Waals surface area contributed by atoms with E-state index >= 15 is 0 Å². The smallest absolute Gasteiger partial charge is 0.854 e. The van der Waals surface area contributed by atoms with Crippen molar-refractivity contribution in [3.05, 3.63) is 0 Å². The number of rotatable bonds is 15. The Kier molecular flexibility index (Phi) is 35.5. The Labute approximate surface area is 207 Å². The fourth-order valence-electron chi connectivity index (χ4n) is 2.87.